The molecule has 0 N–H and O–H groups in total. The van der Waals surface area contributed by atoms with Gasteiger partial charge in [0.2, 0.25) is 5.78 Å². The minimum absolute atomic E-state index is 0.00240. The molecule has 160 valence electrons. The van der Waals surface area contributed by atoms with Crippen molar-refractivity contribution in [2.24, 2.45) is 0 Å². The summed E-state index contributed by atoms with van der Waals surface area (Å²) < 4.78 is 3.78. The van der Waals surface area contributed by atoms with Crippen molar-refractivity contribution >= 4 is 50.7 Å². The van der Waals surface area contributed by atoms with Crippen LogP contribution in [0.1, 0.15) is 28.0 Å². The van der Waals surface area contributed by atoms with Gasteiger partial charge in [-0.3, -0.25) is 4.79 Å². The van der Waals surface area contributed by atoms with Crippen LogP contribution in [0.25, 0.3) is 21.7 Å². The van der Waals surface area contributed by atoms with Crippen molar-refractivity contribution in [3.05, 3.63) is 85.5 Å². The molecule has 0 saturated carbocycles. The first kappa shape index (κ1) is 20.0. The number of fused-ring (bicyclic) bond motifs is 5. The van der Waals surface area contributed by atoms with Crippen molar-refractivity contribution in [1.29, 1.82) is 0 Å². The van der Waals surface area contributed by atoms with E-state index in [9.17, 15) is 4.79 Å². The first-order valence-corrected chi connectivity index (χ1v) is 12.7. The summed E-state index contributed by atoms with van der Waals surface area (Å²) in [6.07, 6.45) is 3.11. The van der Waals surface area contributed by atoms with Gasteiger partial charge in [0.1, 0.15) is 4.83 Å². The van der Waals surface area contributed by atoms with Gasteiger partial charge in [0.05, 0.1) is 11.1 Å². The average molecular weight is 479 g/mol. The Labute approximate surface area is 197 Å². The third-order valence-electron chi connectivity index (χ3n) is 5.91. The average Bonchev–Trinajstić information content (AvgIpc) is 3.49. The highest BCUT2D eigenvalue weighted by Gasteiger charge is 2.26. The number of hydrogen-bond donors (Lipinski definition) is 0. The molecule has 2 aromatic carbocycles. The highest BCUT2D eigenvalue weighted by molar-refractivity contribution is 7.98. The number of thiophene rings is 1. The van der Waals surface area contributed by atoms with Crippen molar-refractivity contribution in [2.75, 3.05) is 0 Å². The second kappa shape index (κ2) is 7.76. The summed E-state index contributed by atoms with van der Waals surface area (Å²) in [6, 6.07) is 15.8. The quantitative estimate of drug-likeness (QED) is 0.304. The first-order valence-electron chi connectivity index (χ1n) is 10.5. The number of halogens is 1. The first-order chi connectivity index (χ1) is 15.6. The fourth-order valence-electron chi connectivity index (χ4n) is 4.30. The maximum Gasteiger partial charge on any atom is 0.268 e. The van der Waals surface area contributed by atoms with Gasteiger partial charge in [-0.2, -0.15) is 0 Å². The molecule has 0 radical (unpaired) electrons. The van der Waals surface area contributed by atoms with Gasteiger partial charge in [-0.05, 0) is 61.6 Å². The molecular weight excluding hydrogens is 460 g/mol. The Hall–Kier alpha value is -2.61. The Balaban J connectivity index is 1.57. The summed E-state index contributed by atoms with van der Waals surface area (Å²) in [5, 5.41) is 11.3. The second-order valence-electron chi connectivity index (χ2n) is 8.05. The van der Waals surface area contributed by atoms with E-state index in [0.29, 0.717) is 5.78 Å². The Morgan fingerprint density at radius 2 is 1.84 bits per heavy atom. The Kier molecular flexibility index (Phi) is 4.86. The lowest BCUT2D eigenvalue weighted by atomic mass is 10.2. The van der Waals surface area contributed by atoms with E-state index < -0.39 is 0 Å². The summed E-state index contributed by atoms with van der Waals surface area (Å²) in [6.45, 7) is 2.04. The van der Waals surface area contributed by atoms with Crippen LogP contribution in [-0.4, -0.2) is 19.2 Å². The summed E-state index contributed by atoms with van der Waals surface area (Å²) in [4.78, 5) is 16.0. The zero-order valence-electron chi connectivity index (χ0n) is 17.3. The highest BCUT2D eigenvalue weighted by Crippen LogP contribution is 2.37. The molecule has 1 aliphatic carbocycles. The Bertz CT molecular complexity index is 1530. The third kappa shape index (κ3) is 3.18. The van der Waals surface area contributed by atoms with Crippen LogP contribution >= 0.6 is 34.7 Å². The normalized spacial score (nSPS) is 13.3. The lowest BCUT2D eigenvalue weighted by Crippen LogP contribution is -2.21. The van der Waals surface area contributed by atoms with Crippen LogP contribution in [0.4, 0.5) is 0 Å². The molecule has 5 aromatic rings. The molecule has 0 atom stereocenters. The fourth-order valence-corrected chi connectivity index (χ4v) is 6.76. The van der Waals surface area contributed by atoms with Gasteiger partial charge in [0.15, 0.2) is 5.16 Å². The number of hydrogen-bond acceptors (Lipinski definition) is 5. The predicted molar refractivity (Wildman–Crippen MR) is 132 cm³/mol. The van der Waals surface area contributed by atoms with Gasteiger partial charge >= 0.3 is 0 Å². The SMILES string of the molecule is Cc1ccc(-n2c(=O)c3c4c(sc3n3c(SCc5ccc(Cl)cc5)nnc23)CCC4)cc1. The molecule has 5 nitrogen and oxygen atoms in total. The highest BCUT2D eigenvalue weighted by atomic mass is 35.5. The van der Waals surface area contributed by atoms with Crippen molar-refractivity contribution < 1.29 is 0 Å². The summed E-state index contributed by atoms with van der Waals surface area (Å²) in [7, 11) is 0. The Morgan fingerprint density at radius 1 is 1.06 bits per heavy atom. The molecule has 0 amide bonds. The van der Waals surface area contributed by atoms with Crippen LogP contribution in [0.3, 0.4) is 0 Å². The standard InChI is InChI=1S/C24H19ClN4OS2/c1-14-5-11-17(12-6-14)28-21(30)20-18-3-2-4-19(18)32-22(20)29-23(28)26-27-24(29)31-13-15-7-9-16(25)10-8-15/h5-12H,2-4,13H2,1H3. The number of nitrogens with zero attached hydrogens (tertiary/aromatic N) is 4. The monoisotopic (exact) mass is 478 g/mol. The van der Waals surface area contributed by atoms with Crippen LogP contribution in [0.5, 0.6) is 0 Å². The number of rotatable bonds is 4. The largest absolute Gasteiger partial charge is 0.268 e. The van der Waals surface area contributed by atoms with E-state index in [1.165, 1.54) is 10.4 Å². The topological polar surface area (TPSA) is 52.2 Å². The van der Waals surface area contributed by atoms with Crippen LogP contribution in [0, 0.1) is 6.92 Å². The zero-order chi connectivity index (χ0) is 21.8. The maximum atomic E-state index is 13.7. The molecule has 0 unspecified atom stereocenters. The van der Waals surface area contributed by atoms with Crippen LogP contribution in [0.15, 0.2) is 58.5 Å². The van der Waals surface area contributed by atoms with Crippen molar-refractivity contribution in [3.8, 4) is 5.69 Å². The molecule has 0 saturated heterocycles. The van der Waals surface area contributed by atoms with E-state index in [1.54, 1.807) is 27.7 Å². The van der Waals surface area contributed by atoms with E-state index >= 15 is 0 Å². The second-order valence-corrected chi connectivity index (χ2v) is 10.5. The summed E-state index contributed by atoms with van der Waals surface area (Å²) in [5.74, 6) is 1.30. The number of benzene rings is 2. The molecule has 3 heterocycles. The summed E-state index contributed by atoms with van der Waals surface area (Å²) >= 11 is 9.37. The molecule has 3 aromatic heterocycles. The van der Waals surface area contributed by atoms with E-state index in [-0.39, 0.29) is 5.56 Å². The number of aryl methyl sites for hydroxylation is 3. The molecule has 0 fully saturated rings. The molecule has 32 heavy (non-hydrogen) atoms. The Morgan fingerprint density at radius 3 is 2.62 bits per heavy atom. The van der Waals surface area contributed by atoms with Gasteiger partial charge < -0.3 is 0 Å². The van der Waals surface area contributed by atoms with E-state index in [1.807, 2.05) is 55.5 Å². The smallest absolute Gasteiger partial charge is 0.268 e. The van der Waals surface area contributed by atoms with Gasteiger partial charge in [-0.25, -0.2) is 8.97 Å². The van der Waals surface area contributed by atoms with Crippen molar-refractivity contribution in [2.45, 2.75) is 37.1 Å². The van der Waals surface area contributed by atoms with Crippen LogP contribution in [-0.2, 0) is 18.6 Å². The number of thioether (sulfide) groups is 1. The van der Waals surface area contributed by atoms with Gasteiger partial charge in [0.25, 0.3) is 5.56 Å². The molecule has 8 heteroatoms. The molecule has 6 rings (SSSR count). The fraction of sp³-hybridized carbons (Fsp3) is 0.208. The summed E-state index contributed by atoms with van der Waals surface area (Å²) in [5.41, 5.74) is 4.33. The van der Waals surface area contributed by atoms with Crippen LogP contribution in [0.2, 0.25) is 5.02 Å². The lowest BCUT2D eigenvalue weighted by molar-refractivity contribution is 0.910. The molecular formula is C24H19ClN4OS2. The maximum absolute atomic E-state index is 13.7. The number of aromatic nitrogens is 4. The molecule has 0 bridgehead atoms. The van der Waals surface area contributed by atoms with Crippen LogP contribution < -0.4 is 5.56 Å². The van der Waals surface area contributed by atoms with Crippen molar-refractivity contribution in [1.82, 2.24) is 19.2 Å². The van der Waals surface area contributed by atoms with E-state index in [2.05, 4.69) is 14.6 Å². The minimum Gasteiger partial charge on any atom is -0.268 e. The zero-order valence-corrected chi connectivity index (χ0v) is 19.7. The van der Waals surface area contributed by atoms with E-state index in [4.69, 9.17) is 11.6 Å². The van der Waals surface area contributed by atoms with Gasteiger partial charge in [0, 0.05) is 15.7 Å². The predicted octanol–water partition coefficient (Wildman–Crippen LogP) is 5.84. The minimum atomic E-state index is -0.00240. The van der Waals surface area contributed by atoms with Gasteiger partial charge in [-0.1, -0.05) is 53.2 Å². The lowest BCUT2D eigenvalue weighted by Gasteiger charge is -2.10. The van der Waals surface area contributed by atoms with Gasteiger partial charge in [-0.15, -0.1) is 21.5 Å². The van der Waals surface area contributed by atoms with Crippen molar-refractivity contribution in [3.63, 3.8) is 0 Å². The van der Waals surface area contributed by atoms with E-state index in [0.717, 1.165) is 62.2 Å². The molecule has 0 spiro atoms. The molecule has 1 aliphatic rings. The molecule has 0 aliphatic heterocycles. The third-order valence-corrected chi connectivity index (χ3v) is 8.44.